The Bertz CT molecular complexity index is 379. The van der Waals surface area contributed by atoms with Crippen LogP contribution in [0.2, 0.25) is 0 Å². The minimum atomic E-state index is -0.398. The van der Waals surface area contributed by atoms with E-state index in [1.54, 1.807) is 0 Å². The maximum atomic E-state index is 11.4. The van der Waals surface area contributed by atoms with Crippen LogP contribution in [0.3, 0.4) is 0 Å². The van der Waals surface area contributed by atoms with Gasteiger partial charge in [-0.3, -0.25) is 4.79 Å². The Morgan fingerprint density at radius 2 is 2.56 bits per heavy atom. The van der Waals surface area contributed by atoms with E-state index in [0.29, 0.717) is 25.4 Å². The standard InChI is InChI=1S/C9H14N4O3/c1-2-10-8(15)7-12-9(16-13-7)6-3-5(14)4-11-6/h5-6,11,14H,2-4H2,1H3,(H,10,15)/t5-,6-/m0/s1. The van der Waals surface area contributed by atoms with Gasteiger partial charge in [-0.05, 0) is 13.3 Å². The quantitative estimate of drug-likeness (QED) is 0.624. The number of β-amino-alcohol motifs (C(OH)–C–C–N with tert-alkyl or cyclic N) is 1. The first kappa shape index (κ1) is 11.0. The fourth-order valence-electron chi connectivity index (χ4n) is 1.61. The van der Waals surface area contributed by atoms with E-state index in [-0.39, 0.29) is 17.8 Å². The number of hydrogen-bond acceptors (Lipinski definition) is 6. The fourth-order valence-corrected chi connectivity index (χ4v) is 1.61. The van der Waals surface area contributed by atoms with Gasteiger partial charge in [0.1, 0.15) is 0 Å². The van der Waals surface area contributed by atoms with Crippen molar-refractivity contribution in [3.8, 4) is 0 Å². The molecule has 0 unspecified atom stereocenters. The summed E-state index contributed by atoms with van der Waals surface area (Å²) in [6, 6.07) is -0.161. The SMILES string of the molecule is CCNC(=O)c1noc([C@@H]2C[C@H](O)CN2)n1. The number of carbonyl (C=O) groups is 1. The summed E-state index contributed by atoms with van der Waals surface area (Å²) in [6.45, 7) is 2.83. The Labute approximate surface area is 92.2 Å². The highest BCUT2D eigenvalue weighted by Crippen LogP contribution is 2.21. The smallest absolute Gasteiger partial charge is 0.292 e. The molecule has 7 nitrogen and oxygen atoms in total. The van der Waals surface area contributed by atoms with E-state index in [4.69, 9.17) is 4.52 Å². The Morgan fingerprint density at radius 1 is 1.75 bits per heavy atom. The van der Waals surface area contributed by atoms with Crippen molar-refractivity contribution in [3.05, 3.63) is 11.7 Å². The van der Waals surface area contributed by atoms with Crippen molar-refractivity contribution in [2.75, 3.05) is 13.1 Å². The molecule has 1 fully saturated rings. The number of aromatic nitrogens is 2. The molecule has 2 atom stereocenters. The van der Waals surface area contributed by atoms with E-state index in [9.17, 15) is 9.90 Å². The number of nitrogens with zero attached hydrogens (tertiary/aromatic N) is 2. The number of rotatable bonds is 3. The van der Waals surface area contributed by atoms with Crippen molar-refractivity contribution in [3.63, 3.8) is 0 Å². The van der Waals surface area contributed by atoms with Gasteiger partial charge >= 0.3 is 0 Å². The van der Waals surface area contributed by atoms with E-state index < -0.39 is 6.10 Å². The zero-order valence-electron chi connectivity index (χ0n) is 8.93. The van der Waals surface area contributed by atoms with Crippen molar-refractivity contribution >= 4 is 5.91 Å². The Hall–Kier alpha value is -1.47. The second-order valence-corrected chi connectivity index (χ2v) is 3.67. The molecule has 1 aliphatic heterocycles. The zero-order valence-corrected chi connectivity index (χ0v) is 8.93. The van der Waals surface area contributed by atoms with E-state index in [0.717, 1.165) is 0 Å². The minimum absolute atomic E-state index is 0.0278. The van der Waals surface area contributed by atoms with E-state index in [1.807, 2.05) is 6.92 Å². The van der Waals surface area contributed by atoms with Crippen LogP contribution < -0.4 is 10.6 Å². The number of amides is 1. The fraction of sp³-hybridized carbons (Fsp3) is 0.667. The molecule has 1 aromatic rings. The third kappa shape index (κ3) is 2.20. The highest BCUT2D eigenvalue weighted by Gasteiger charge is 2.28. The largest absolute Gasteiger partial charge is 0.392 e. The zero-order chi connectivity index (χ0) is 11.5. The van der Waals surface area contributed by atoms with Gasteiger partial charge in [-0.2, -0.15) is 4.98 Å². The summed E-state index contributed by atoms with van der Waals surface area (Å²) >= 11 is 0. The molecule has 2 rings (SSSR count). The summed E-state index contributed by atoms with van der Waals surface area (Å²) in [5.41, 5.74) is 0. The predicted octanol–water partition coefficient (Wildman–Crippen LogP) is -0.785. The molecule has 1 aromatic heterocycles. The molecule has 1 aliphatic rings. The molecule has 1 amide bonds. The van der Waals surface area contributed by atoms with Gasteiger partial charge in [-0.15, -0.1) is 0 Å². The third-order valence-corrected chi connectivity index (χ3v) is 2.39. The molecule has 0 spiro atoms. The van der Waals surface area contributed by atoms with Gasteiger partial charge in [-0.1, -0.05) is 5.16 Å². The van der Waals surface area contributed by atoms with Crippen molar-refractivity contribution in [1.82, 2.24) is 20.8 Å². The molecule has 88 valence electrons. The van der Waals surface area contributed by atoms with Crippen molar-refractivity contribution in [1.29, 1.82) is 0 Å². The lowest BCUT2D eigenvalue weighted by Crippen LogP contribution is -2.24. The van der Waals surface area contributed by atoms with Crippen molar-refractivity contribution in [2.24, 2.45) is 0 Å². The second-order valence-electron chi connectivity index (χ2n) is 3.67. The van der Waals surface area contributed by atoms with Crippen molar-refractivity contribution < 1.29 is 14.4 Å². The van der Waals surface area contributed by atoms with Crippen LogP contribution in [-0.2, 0) is 0 Å². The van der Waals surface area contributed by atoms with E-state index >= 15 is 0 Å². The van der Waals surface area contributed by atoms with Gasteiger partial charge in [0, 0.05) is 13.1 Å². The van der Waals surface area contributed by atoms with Crippen LogP contribution in [0.1, 0.15) is 35.9 Å². The van der Waals surface area contributed by atoms with Gasteiger partial charge in [0.15, 0.2) is 0 Å². The highest BCUT2D eigenvalue weighted by atomic mass is 16.5. The molecule has 7 heteroatoms. The molecule has 2 heterocycles. The Kier molecular flexibility index (Phi) is 3.16. The number of hydrogen-bond donors (Lipinski definition) is 3. The van der Waals surface area contributed by atoms with Crippen LogP contribution in [0.4, 0.5) is 0 Å². The molecule has 3 N–H and O–H groups in total. The lowest BCUT2D eigenvalue weighted by Gasteiger charge is -2.01. The normalized spacial score (nSPS) is 24.6. The van der Waals surface area contributed by atoms with Gasteiger partial charge in [-0.25, -0.2) is 0 Å². The van der Waals surface area contributed by atoms with Crippen LogP contribution in [0.25, 0.3) is 0 Å². The Morgan fingerprint density at radius 3 is 3.19 bits per heavy atom. The average Bonchev–Trinajstić information content (AvgIpc) is 2.85. The molecular formula is C9H14N4O3. The molecule has 0 aromatic carbocycles. The maximum absolute atomic E-state index is 11.4. The molecular weight excluding hydrogens is 212 g/mol. The second kappa shape index (κ2) is 4.58. The summed E-state index contributed by atoms with van der Waals surface area (Å²) in [6.07, 6.45) is 0.127. The van der Waals surface area contributed by atoms with Crippen LogP contribution in [0.15, 0.2) is 4.52 Å². The first-order valence-corrected chi connectivity index (χ1v) is 5.24. The average molecular weight is 226 g/mol. The van der Waals surface area contributed by atoms with Crippen LogP contribution in [0.5, 0.6) is 0 Å². The number of nitrogens with one attached hydrogen (secondary N) is 2. The Balaban J connectivity index is 2.04. The van der Waals surface area contributed by atoms with Crippen LogP contribution in [-0.4, -0.2) is 40.3 Å². The maximum Gasteiger partial charge on any atom is 0.292 e. The summed E-state index contributed by atoms with van der Waals surface area (Å²) in [5, 5.41) is 18.5. The summed E-state index contributed by atoms with van der Waals surface area (Å²) < 4.78 is 4.97. The molecule has 0 aliphatic carbocycles. The lowest BCUT2D eigenvalue weighted by atomic mass is 10.2. The van der Waals surface area contributed by atoms with Crippen LogP contribution >= 0.6 is 0 Å². The van der Waals surface area contributed by atoms with Gasteiger partial charge in [0.25, 0.3) is 11.7 Å². The van der Waals surface area contributed by atoms with E-state index in [1.165, 1.54) is 0 Å². The molecule has 16 heavy (non-hydrogen) atoms. The number of carbonyl (C=O) groups excluding carboxylic acids is 1. The molecule has 1 saturated heterocycles. The molecule has 0 saturated carbocycles. The topological polar surface area (TPSA) is 100 Å². The summed E-state index contributed by atoms with van der Waals surface area (Å²) in [7, 11) is 0. The van der Waals surface area contributed by atoms with Gasteiger partial charge < -0.3 is 20.3 Å². The molecule has 0 radical (unpaired) electrons. The third-order valence-electron chi connectivity index (χ3n) is 2.39. The monoisotopic (exact) mass is 226 g/mol. The number of aliphatic hydroxyl groups excluding tert-OH is 1. The van der Waals surface area contributed by atoms with Gasteiger partial charge in [0.05, 0.1) is 12.1 Å². The first-order chi connectivity index (χ1) is 7.70. The summed E-state index contributed by atoms with van der Waals surface area (Å²) in [5.74, 6) is 0.0221. The van der Waals surface area contributed by atoms with Gasteiger partial charge in [0.2, 0.25) is 5.89 Å². The predicted molar refractivity (Wildman–Crippen MR) is 53.7 cm³/mol. The number of aliphatic hydroxyl groups is 1. The lowest BCUT2D eigenvalue weighted by molar-refractivity contribution is 0.0942. The van der Waals surface area contributed by atoms with Crippen LogP contribution in [0, 0.1) is 0 Å². The highest BCUT2D eigenvalue weighted by molar-refractivity contribution is 5.90. The molecule has 0 bridgehead atoms. The summed E-state index contributed by atoms with van der Waals surface area (Å²) in [4.78, 5) is 15.4. The van der Waals surface area contributed by atoms with Crippen molar-refractivity contribution in [2.45, 2.75) is 25.5 Å². The minimum Gasteiger partial charge on any atom is -0.392 e. The first-order valence-electron chi connectivity index (χ1n) is 5.24. The van der Waals surface area contributed by atoms with E-state index in [2.05, 4.69) is 20.8 Å².